The standard InChI is InChI=1S/C32H34N2O5/c1-32(2,3)26-13-15-27(16-14-26)38-18-8-11-30(35)39-28-17-12-24(20-29(28)37-4)19-25(21-33)31(36)34-22-23-9-6-5-7-10-23/h5-7,9-10,12-17,19-20H,8,11,18,22H2,1-4H3,(H,34,36)/b25-19+. The number of nitrogens with one attached hydrogen (secondary N) is 1. The van der Waals surface area contributed by atoms with Crippen molar-refractivity contribution in [2.75, 3.05) is 13.7 Å². The van der Waals surface area contributed by atoms with Crippen LogP contribution in [0.15, 0.2) is 78.4 Å². The van der Waals surface area contributed by atoms with E-state index in [2.05, 4.69) is 26.1 Å². The lowest BCUT2D eigenvalue weighted by Gasteiger charge is -2.19. The van der Waals surface area contributed by atoms with Crippen molar-refractivity contribution in [2.24, 2.45) is 0 Å². The second-order valence-corrected chi connectivity index (χ2v) is 9.95. The monoisotopic (exact) mass is 526 g/mol. The first kappa shape index (κ1) is 29.0. The van der Waals surface area contributed by atoms with Crippen LogP contribution in [-0.2, 0) is 21.5 Å². The van der Waals surface area contributed by atoms with Crippen molar-refractivity contribution >= 4 is 18.0 Å². The van der Waals surface area contributed by atoms with E-state index in [1.165, 1.54) is 18.7 Å². The molecule has 1 amide bonds. The maximum atomic E-state index is 12.5. The summed E-state index contributed by atoms with van der Waals surface area (Å²) in [7, 11) is 1.46. The van der Waals surface area contributed by atoms with Crippen molar-refractivity contribution in [3.05, 3.63) is 95.1 Å². The fraction of sp³-hybridized carbons (Fsp3) is 0.281. The Hall–Kier alpha value is -4.57. The van der Waals surface area contributed by atoms with Gasteiger partial charge in [-0.25, -0.2) is 0 Å². The number of esters is 1. The Bertz CT molecular complexity index is 1330. The first-order chi connectivity index (χ1) is 18.7. The smallest absolute Gasteiger partial charge is 0.311 e. The molecule has 0 saturated carbocycles. The van der Waals surface area contributed by atoms with Crippen LogP contribution in [0.4, 0.5) is 0 Å². The molecule has 0 aliphatic heterocycles. The fourth-order valence-electron chi connectivity index (χ4n) is 3.68. The van der Waals surface area contributed by atoms with E-state index in [1.54, 1.807) is 18.2 Å². The number of ether oxygens (including phenoxy) is 3. The summed E-state index contributed by atoms with van der Waals surface area (Å²) in [5.41, 5.74) is 2.74. The van der Waals surface area contributed by atoms with E-state index in [0.29, 0.717) is 30.9 Å². The summed E-state index contributed by atoms with van der Waals surface area (Å²) >= 11 is 0. The molecule has 0 bridgehead atoms. The second-order valence-electron chi connectivity index (χ2n) is 9.95. The third-order valence-corrected chi connectivity index (χ3v) is 5.90. The zero-order valence-corrected chi connectivity index (χ0v) is 22.8. The largest absolute Gasteiger partial charge is 0.494 e. The minimum absolute atomic E-state index is 0.0502. The molecule has 0 aliphatic carbocycles. The number of rotatable bonds is 11. The average Bonchev–Trinajstić information content (AvgIpc) is 2.93. The molecule has 7 nitrogen and oxygen atoms in total. The van der Waals surface area contributed by atoms with E-state index in [0.717, 1.165) is 11.3 Å². The van der Waals surface area contributed by atoms with Crippen molar-refractivity contribution in [1.29, 1.82) is 5.26 Å². The number of carbonyl (C=O) groups excluding carboxylic acids is 2. The van der Waals surface area contributed by atoms with E-state index in [4.69, 9.17) is 14.2 Å². The summed E-state index contributed by atoms with van der Waals surface area (Å²) in [5.74, 6) is 0.427. The van der Waals surface area contributed by atoms with E-state index in [9.17, 15) is 14.9 Å². The summed E-state index contributed by atoms with van der Waals surface area (Å²) in [4.78, 5) is 24.9. The summed E-state index contributed by atoms with van der Waals surface area (Å²) < 4.78 is 16.6. The van der Waals surface area contributed by atoms with Crippen LogP contribution >= 0.6 is 0 Å². The van der Waals surface area contributed by atoms with Gasteiger partial charge in [0.1, 0.15) is 17.4 Å². The van der Waals surface area contributed by atoms with Gasteiger partial charge in [0.05, 0.1) is 13.7 Å². The van der Waals surface area contributed by atoms with Gasteiger partial charge in [-0.2, -0.15) is 5.26 Å². The molecule has 7 heteroatoms. The maximum Gasteiger partial charge on any atom is 0.311 e. The molecule has 39 heavy (non-hydrogen) atoms. The average molecular weight is 527 g/mol. The molecule has 0 radical (unpaired) electrons. The SMILES string of the molecule is COc1cc(/C=C(\C#N)C(=O)NCc2ccccc2)ccc1OC(=O)CCCOc1ccc(C(C)(C)C)cc1. The quantitative estimate of drug-likeness (QED) is 0.109. The van der Waals surface area contributed by atoms with Crippen LogP contribution < -0.4 is 19.5 Å². The van der Waals surface area contributed by atoms with Crippen molar-refractivity contribution in [3.63, 3.8) is 0 Å². The Labute approximate surface area is 230 Å². The van der Waals surface area contributed by atoms with Crippen molar-refractivity contribution in [1.82, 2.24) is 5.32 Å². The van der Waals surface area contributed by atoms with Gasteiger partial charge in [0.15, 0.2) is 11.5 Å². The molecule has 3 rings (SSSR count). The number of nitrogens with zero attached hydrogens (tertiary/aromatic N) is 1. The number of carbonyl (C=O) groups is 2. The topological polar surface area (TPSA) is 97.6 Å². The van der Waals surface area contributed by atoms with Gasteiger partial charge in [-0.15, -0.1) is 0 Å². The fourth-order valence-corrected chi connectivity index (χ4v) is 3.68. The van der Waals surface area contributed by atoms with Crippen LogP contribution in [0.2, 0.25) is 0 Å². The normalized spacial score (nSPS) is 11.3. The Kier molecular flexibility index (Phi) is 10.3. The number of methoxy groups -OCH3 is 1. The van der Waals surface area contributed by atoms with Crippen LogP contribution in [0.25, 0.3) is 6.08 Å². The van der Waals surface area contributed by atoms with E-state index < -0.39 is 11.9 Å². The highest BCUT2D eigenvalue weighted by molar-refractivity contribution is 6.01. The van der Waals surface area contributed by atoms with Gasteiger partial charge in [0, 0.05) is 13.0 Å². The Morgan fingerprint density at radius 1 is 0.974 bits per heavy atom. The first-order valence-corrected chi connectivity index (χ1v) is 12.8. The van der Waals surface area contributed by atoms with Gasteiger partial charge in [0.25, 0.3) is 5.91 Å². The molecule has 0 spiro atoms. The number of hydrogen-bond acceptors (Lipinski definition) is 6. The van der Waals surface area contributed by atoms with Crippen LogP contribution in [0.1, 0.15) is 50.3 Å². The Morgan fingerprint density at radius 2 is 1.69 bits per heavy atom. The zero-order valence-electron chi connectivity index (χ0n) is 22.8. The number of benzene rings is 3. The lowest BCUT2D eigenvalue weighted by atomic mass is 9.87. The number of nitriles is 1. The van der Waals surface area contributed by atoms with Gasteiger partial charge in [-0.3, -0.25) is 9.59 Å². The molecule has 0 fully saturated rings. The highest BCUT2D eigenvalue weighted by Crippen LogP contribution is 2.29. The summed E-state index contributed by atoms with van der Waals surface area (Å²) in [6, 6.07) is 24.2. The van der Waals surface area contributed by atoms with Gasteiger partial charge >= 0.3 is 5.97 Å². The first-order valence-electron chi connectivity index (χ1n) is 12.8. The predicted molar refractivity (Wildman–Crippen MR) is 150 cm³/mol. The van der Waals surface area contributed by atoms with E-state index in [-0.39, 0.29) is 23.2 Å². The molecular weight excluding hydrogens is 492 g/mol. The van der Waals surface area contributed by atoms with Crippen LogP contribution in [0, 0.1) is 11.3 Å². The predicted octanol–water partition coefficient (Wildman–Crippen LogP) is 5.98. The third kappa shape index (κ3) is 9.04. The molecule has 1 N–H and O–H groups in total. The summed E-state index contributed by atoms with van der Waals surface area (Å²) in [6.45, 7) is 7.16. The summed E-state index contributed by atoms with van der Waals surface area (Å²) in [5, 5.41) is 12.2. The molecule has 0 atom stereocenters. The molecule has 0 unspecified atom stereocenters. The van der Waals surface area contributed by atoms with Gasteiger partial charge in [0.2, 0.25) is 0 Å². The lowest BCUT2D eigenvalue weighted by Crippen LogP contribution is -2.23. The van der Waals surface area contributed by atoms with Gasteiger partial charge in [-0.05, 0) is 58.9 Å². The lowest BCUT2D eigenvalue weighted by molar-refractivity contribution is -0.134. The molecule has 202 valence electrons. The molecule has 0 heterocycles. The Morgan fingerprint density at radius 3 is 2.33 bits per heavy atom. The Balaban J connectivity index is 1.52. The van der Waals surface area contributed by atoms with Crippen LogP contribution in [-0.4, -0.2) is 25.6 Å². The van der Waals surface area contributed by atoms with E-state index in [1.807, 2.05) is 60.7 Å². The zero-order chi connectivity index (χ0) is 28.3. The van der Waals surface area contributed by atoms with Crippen LogP contribution in [0.3, 0.4) is 0 Å². The van der Waals surface area contributed by atoms with Crippen molar-refractivity contribution in [3.8, 4) is 23.3 Å². The molecule has 0 saturated heterocycles. The minimum atomic E-state index is -0.483. The third-order valence-electron chi connectivity index (χ3n) is 5.90. The highest BCUT2D eigenvalue weighted by Gasteiger charge is 2.14. The van der Waals surface area contributed by atoms with Crippen molar-refractivity contribution in [2.45, 2.75) is 45.6 Å². The maximum absolute atomic E-state index is 12.5. The molecule has 3 aromatic carbocycles. The van der Waals surface area contributed by atoms with Crippen molar-refractivity contribution < 1.29 is 23.8 Å². The molecule has 3 aromatic rings. The highest BCUT2D eigenvalue weighted by atomic mass is 16.6. The summed E-state index contributed by atoms with van der Waals surface area (Å²) in [6.07, 6.45) is 2.12. The molecule has 0 aromatic heterocycles. The molecule has 0 aliphatic rings. The van der Waals surface area contributed by atoms with Crippen LogP contribution in [0.5, 0.6) is 17.2 Å². The number of hydrogen-bond donors (Lipinski definition) is 1. The number of amides is 1. The van der Waals surface area contributed by atoms with Gasteiger partial charge in [-0.1, -0.05) is 69.3 Å². The minimum Gasteiger partial charge on any atom is -0.494 e. The second kappa shape index (κ2) is 13.8. The van der Waals surface area contributed by atoms with E-state index >= 15 is 0 Å². The van der Waals surface area contributed by atoms with Gasteiger partial charge < -0.3 is 19.5 Å². The molecular formula is C32H34N2O5.